The average molecular weight is 430 g/mol. The summed E-state index contributed by atoms with van der Waals surface area (Å²) in [6.07, 6.45) is 1.54. The molecule has 3 rings (SSSR count). The van der Waals surface area contributed by atoms with Crippen molar-refractivity contribution in [2.75, 3.05) is 29.3 Å². The van der Waals surface area contributed by atoms with Gasteiger partial charge in [0.05, 0.1) is 12.3 Å². The Morgan fingerprint density at radius 3 is 2.53 bits per heavy atom. The molecule has 0 saturated heterocycles. The minimum Gasteiger partial charge on any atom is -0.383 e. The van der Waals surface area contributed by atoms with Crippen molar-refractivity contribution in [3.05, 3.63) is 71.6 Å². The van der Waals surface area contributed by atoms with Gasteiger partial charge in [-0.1, -0.05) is 11.6 Å². The topological polar surface area (TPSA) is 79.4 Å². The Morgan fingerprint density at radius 2 is 1.87 bits per heavy atom. The smallest absolute Gasteiger partial charge is 0.332 e. The van der Waals surface area contributed by atoms with Crippen LogP contribution < -0.4 is 15.5 Å². The molecule has 9 heteroatoms. The summed E-state index contributed by atoms with van der Waals surface area (Å²) in [5.41, 5.74) is 0.995. The maximum atomic E-state index is 13.4. The second-order valence-electron chi connectivity index (χ2n) is 6.49. The van der Waals surface area contributed by atoms with E-state index >= 15 is 0 Å². The predicted molar refractivity (Wildman–Crippen MR) is 116 cm³/mol. The summed E-state index contributed by atoms with van der Waals surface area (Å²) in [6.45, 7) is 2.39. The number of ether oxygens (including phenoxy) is 1. The number of nitrogens with zero attached hydrogens (tertiary/aromatic N) is 3. The first-order chi connectivity index (χ1) is 14.5. The van der Waals surface area contributed by atoms with Crippen LogP contribution in [0.1, 0.15) is 6.92 Å². The highest BCUT2D eigenvalue weighted by atomic mass is 35.5. The monoisotopic (exact) mass is 429 g/mol. The third kappa shape index (κ3) is 5.65. The zero-order valence-electron chi connectivity index (χ0n) is 16.5. The van der Waals surface area contributed by atoms with Crippen molar-refractivity contribution in [1.29, 1.82) is 0 Å². The summed E-state index contributed by atoms with van der Waals surface area (Å²) in [5.74, 6) is 0.244. The highest BCUT2D eigenvalue weighted by molar-refractivity contribution is 6.30. The lowest BCUT2D eigenvalue weighted by Crippen LogP contribution is -2.32. The standard InChI is InChI=1S/C21H21ClFN5O2/c1-14(13-30-2)25-20-24-12-11-19(27-20)28(18-9-5-16(23)6-10-18)21(29)26-17-7-3-15(22)4-8-17/h3-12,14H,13H2,1-2H3,(H,26,29)(H,24,25,27). The van der Waals surface area contributed by atoms with Gasteiger partial charge in [0.25, 0.3) is 0 Å². The van der Waals surface area contributed by atoms with E-state index in [4.69, 9.17) is 16.3 Å². The Bertz CT molecular complexity index is 985. The van der Waals surface area contributed by atoms with E-state index in [0.29, 0.717) is 34.8 Å². The van der Waals surface area contributed by atoms with Crippen LogP contribution in [0.4, 0.5) is 32.3 Å². The fraction of sp³-hybridized carbons (Fsp3) is 0.190. The number of urea groups is 1. The van der Waals surface area contributed by atoms with Crippen molar-refractivity contribution >= 4 is 40.8 Å². The molecule has 0 radical (unpaired) electrons. The first kappa shape index (κ1) is 21.5. The minimum atomic E-state index is -0.474. The molecule has 0 bridgehead atoms. The van der Waals surface area contributed by atoms with E-state index in [9.17, 15) is 9.18 Å². The van der Waals surface area contributed by atoms with Crippen molar-refractivity contribution in [3.8, 4) is 0 Å². The van der Waals surface area contributed by atoms with Crippen molar-refractivity contribution < 1.29 is 13.9 Å². The summed E-state index contributed by atoms with van der Waals surface area (Å²) in [6, 6.07) is 13.3. The van der Waals surface area contributed by atoms with E-state index in [0.717, 1.165) is 0 Å². The van der Waals surface area contributed by atoms with E-state index in [2.05, 4.69) is 20.6 Å². The lowest BCUT2D eigenvalue weighted by Gasteiger charge is -2.23. The van der Waals surface area contributed by atoms with Gasteiger partial charge in [-0.15, -0.1) is 0 Å². The first-order valence-electron chi connectivity index (χ1n) is 9.17. The van der Waals surface area contributed by atoms with Crippen LogP contribution in [0.3, 0.4) is 0 Å². The van der Waals surface area contributed by atoms with E-state index in [1.165, 1.54) is 35.4 Å². The number of amides is 2. The van der Waals surface area contributed by atoms with Crippen LogP contribution in [-0.4, -0.2) is 35.8 Å². The molecule has 3 aromatic rings. The highest BCUT2D eigenvalue weighted by Crippen LogP contribution is 2.26. The zero-order valence-corrected chi connectivity index (χ0v) is 17.2. The molecule has 30 heavy (non-hydrogen) atoms. The molecule has 2 aromatic carbocycles. The van der Waals surface area contributed by atoms with Crippen LogP contribution in [0.2, 0.25) is 5.02 Å². The average Bonchev–Trinajstić information content (AvgIpc) is 2.72. The molecular weight excluding hydrogens is 409 g/mol. The lowest BCUT2D eigenvalue weighted by molar-refractivity contribution is 0.190. The summed E-state index contributed by atoms with van der Waals surface area (Å²) in [7, 11) is 1.60. The Balaban J connectivity index is 1.92. The van der Waals surface area contributed by atoms with E-state index in [1.807, 2.05) is 6.92 Å². The third-order valence-electron chi connectivity index (χ3n) is 4.05. The van der Waals surface area contributed by atoms with Gasteiger partial charge in [-0.05, 0) is 55.5 Å². The van der Waals surface area contributed by atoms with Crippen LogP contribution >= 0.6 is 11.6 Å². The number of anilines is 4. The van der Waals surface area contributed by atoms with Gasteiger partial charge >= 0.3 is 6.03 Å². The van der Waals surface area contributed by atoms with Crippen molar-refractivity contribution in [2.24, 2.45) is 0 Å². The summed E-state index contributed by atoms with van der Waals surface area (Å²) in [5, 5.41) is 6.46. The molecular formula is C21H21ClFN5O2. The van der Waals surface area contributed by atoms with Crippen molar-refractivity contribution in [3.63, 3.8) is 0 Å². The van der Waals surface area contributed by atoms with Crippen LogP contribution in [0.25, 0.3) is 0 Å². The molecule has 2 amide bonds. The number of nitrogens with one attached hydrogen (secondary N) is 2. The number of benzene rings is 2. The number of rotatable bonds is 7. The SMILES string of the molecule is COCC(C)Nc1nccc(N(C(=O)Nc2ccc(Cl)cc2)c2ccc(F)cc2)n1. The molecule has 0 aliphatic rings. The molecule has 0 saturated carbocycles. The van der Waals surface area contributed by atoms with Gasteiger partial charge in [-0.3, -0.25) is 0 Å². The Kier molecular flexibility index (Phi) is 7.16. The van der Waals surface area contributed by atoms with Gasteiger partial charge in [-0.25, -0.2) is 19.1 Å². The number of hydrogen-bond acceptors (Lipinski definition) is 5. The molecule has 0 fully saturated rings. The quantitative estimate of drug-likeness (QED) is 0.547. The van der Waals surface area contributed by atoms with E-state index < -0.39 is 11.8 Å². The van der Waals surface area contributed by atoms with Crippen molar-refractivity contribution in [1.82, 2.24) is 9.97 Å². The van der Waals surface area contributed by atoms with Crippen molar-refractivity contribution in [2.45, 2.75) is 13.0 Å². The predicted octanol–water partition coefficient (Wildman–Crippen LogP) is 5.09. The molecule has 1 aromatic heterocycles. The molecule has 1 unspecified atom stereocenters. The Hall–Kier alpha value is -3.23. The number of halogens is 2. The number of carbonyl (C=O) groups excluding carboxylic acids is 1. The molecule has 1 heterocycles. The fourth-order valence-electron chi connectivity index (χ4n) is 2.71. The van der Waals surface area contributed by atoms with Crippen LogP contribution in [0.15, 0.2) is 60.8 Å². The van der Waals surface area contributed by atoms with Gasteiger partial charge in [0, 0.05) is 36.1 Å². The van der Waals surface area contributed by atoms with Crippen LogP contribution in [0, 0.1) is 5.82 Å². The largest absolute Gasteiger partial charge is 0.383 e. The summed E-state index contributed by atoms with van der Waals surface area (Å²) >= 11 is 5.91. The number of methoxy groups -OCH3 is 1. The second-order valence-corrected chi connectivity index (χ2v) is 6.92. The summed E-state index contributed by atoms with van der Waals surface area (Å²) in [4.78, 5) is 23.1. The maximum absolute atomic E-state index is 13.4. The summed E-state index contributed by atoms with van der Waals surface area (Å²) < 4.78 is 18.5. The van der Waals surface area contributed by atoms with Gasteiger partial charge in [0.15, 0.2) is 0 Å². The van der Waals surface area contributed by atoms with Crippen LogP contribution in [0.5, 0.6) is 0 Å². The normalized spacial score (nSPS) is 11.6. The zero-order chi connectivity index (χ0) is 21.5. The van der Waals surface area contributed by atoms with Gasteiger partial charge in [-0.2, -0.15) is 4.98 Å². The number of aromatic nitrogens is 2. The fourth-order valence-corrected chi connectivity index (χ4v) is 2.84. The Labute approximate surface area is 178 Å². The van der Waals surface area contributed by atoms with Gasteiger partial charge in [0.2, 0.25) is 5.95 Å². The third-order valence-corrected chi connectivity index (χ3v) is 4.30. The van der Waals surface area contributed by atoms with Gasteiger partial charge in [0.1, 0.15) is 11.6 Å². The number of carbonyl (C=O) groups is 1. The molecule has 7 nitrogen and oxygen atoms in total. The molecule has 156 valence electrons. The molecule has 0 aliphatic carbocycles. The highest BCUT2D eigenvalue weighted by Gasteiger charge is 2.21. The van der Waals surface area contributed by atoms with E-state index in [-0.39, 0.29) is 6.04 Å². The van der Waals surface area contributed by atoms with Crippen LogP contribution in [-0.2, 0) is 4.74 Å². The maximum Gasteiger partial charge on any atom is 0.332 e. The second kappa shape index (κ2) is 10.00. The molecule has 0 spiro atoms. The number of hydrogen-bond donors (Lipinski definition) is 2. The van der Waals surface area contributed by atoms with E-state index in [1.54, 1.807) is 37.4 Å². The lowest BCUT2D eigenvalue weighted by atomic mass is 10.2. The molecule has 1 atom stereocenters. The minimum absolute atomic E-state index is 0.0348. The molecule has 0 aliphatic heterocycles. The molecule has 2 N–H and O–H groups in total. The van der Waals surface area contributed by atoms with Gasteiger partial charge < -0.3 is 15.4 Å². The Morgan fingerprint density at radius 1 is 1.17 bits per heavy atom. The first-order valence-corrected chi connectivity index (χ1v) is 9.55.